The van der Waals surface area contributed by atoms with E-state index in [0.717, 1.165) is 20.3 Å². The SMILES string of the molecule is OCc1cc2scc(Br)c2cn1. The summed E-state index contributed by atoms with van der Waals surface area (Å²) >= 11 is 5.07. The van der Waals surface area contributed by atoms with Crippen LogP contribution in [0.3, 0.4) is 0 Å². The van der Waals surface area contributed by atoms with Gasteiger partial charge in [0, 0.05) is 26.1 Å². The van der Waals surface area contributed by atoms with Gasteiger partial charge in [0.25, 0.3) is 0 Å². The zero-order valence-electron chi connectivity index (χ0n) is 6.12. The summed E-state index contributed by atoms with van der Waals surface area (Å²) in [5.41, 5.74) is 0.719. The van der Waals surface area contributed by atoms with Crippen LogP contribution in [-0.2, 0) is 6.61 Å². The summed E-state index contributed by atoms with van der Waals surface area (Å²) < 4.78 is 2.22. The summed E-state index contributed by atoms with van der Waals surface area (Å²) in [7, 11) is 0. The van der Waals surface area contributed by atoms with Crippen LogP contribution >= 0.6 is 27.3 Å². The van der Waals surface area contributed by atoms with Crippen molar-refractivity contribution in [1.82, 2.24) is 4.98 Å². The highest BCUT2D eigenvalue weighted by Crippen LogP contribution is 2.29. The van der Waals surface area contributed by atoms with Gasteiger partial charge in [0.15, 0.2) is 0 Å². The molecule has 2 rings (SSSR count). The third kappa shape index (κ3) is 1.26. The van der Waals surface area contributed by atoms with Gasteiger partial charge in [0.2, 0.25) is 0 Å². The largest absolute Gasteiger partial charge is 0.390 e. The number of hydrogen-bond donors (Lipinski definition) is 1. The lowest BCUT2D eigenvalue weighted by atomic mass is 10.3. The van der Waals surface area contributed by atoms with Gasteiger partial charge in [0.1, 0.15) is 0 Å². The van der Waals surface area contributed by atoms with Crippen molar-refractivity contribution >= 4 is 37.4 Å². The Labute approximate surface area is 82.0 Å². The van der Waals surface area contributed by atoms with Crippen LogP contribution in [-0.4, -0.2) is 10.1 Å². The maximum Gasteiger partial charge on any atom is 0.0853 e. The Hall–Kier alpha value is -0.450. The van der Waals surface area contributed by atoms with Crippen molar-refractivity contribution in [3.8, 4) is 0 Å². The van der Waals surface area contributed by atoms with E-state index in [-0.39, 0.29) is 6.61 Å². The predicted molar refractivity (Wildman–Crippen MR) is 53.2 cm³/mol. The molecule has 2 aromatic heterocycles. The molecule has 0 unspecified atom stereocenters. The second-order valence-electron chi connectivity index (χ2n) is 2.41. The summed E-state index contributed by atoms with van der Waals surface area (Å²) in [6.07, 6.45) is 1.78. The van der Waals surface area contributed by atoms with Gasteiger partial charge < -0.3 is 5.11 Å². The second kappa shape index (κ2) is 3.12. The average molecular weight is 244 g/mol. The van der Waals surface area contributed by atoms with E-state index >= 15 is 0 Å². The number of aromatic nitrogens is 1. The normalized spacial score (nSPS) is 10.8. The van der Waals surface area contributed by atoms with Crippen molar-refractivity contribution in [2.75, 3.05) is 0 Å². The number of pyridine rings is 1. The molecule has 0 spiro atoms. The smallest absolute Gasteiger partial charge is 0.0853 e. The molecule has 0 aliphatic carbocycles. The molecule has 0 bridgehead atoms. The van der Waals surface area contributed by atoms with Gasteiger partial charge in [0.05, 0.1) is 12.3 Å². The Kier molecular flexibility index (Phi) is 2.12. The van der Waals surface area contributed by atoms with Crippen LogP contribution < -0.4 is 0 Å². The van der Waals surface area contributed by atoms with E-state index in [1.54, 1.807) is 17.5 Å². The van der Waals surface area contributed by atoms with Gasteiger partial charge in [-0.3, -0.25) is 4.98 Å². The van der Waals surface area contributed by atoms with E-state index in [1.165, 1.54) is 0 Å². The quantitative estimate of drug-likeness (QED) is 0.836. The first kappa shape index (κ1) is 8.16. The van der Waals surface area contributed by atoms with E-state index < -0.39 is 0 Å². The summed E-state index contributed by atoms with van der Waals surface area (Å²) in [6.45, 7) is 0.00542. The van der Waals surface area contributed by atoms with Gasteiger partial charge in [-0.05, 0) is 22.0 Å². The first-order valence-electron chi connectivity index (χ1n) is 3.44. The highest BCUT2D eigenvalue weighted by atomic mass is 79.9. The number of thiophene rings is 1. The molecule has 0 saturated heterocycles. The van der Waals surface area contributed by atoms with Gasteiger partial charge in [-0.25, -0.2) is 0 Å². The lowest BCUT2D eigenvalue weighted by Gasteiger charge is -1.94. The van der Waals surface area contributed by atoms with Crippen LogP contribution in [0.4, 0.5) is 0 Å². The standard InChI is InChI=1S/C8H6BrNOS/c9-7-4-12-8-1-5(3-11)10-2-6(7)8/h1-2,4,11H,3H2. The highest BCUT2D eigenvalue weighted by Gasteiger charge is 2.02. The molecule has 4 heteroatoms. The molecule has 0 radical (unpaired) electrons. The Morgan fingerprint density at radius 1 is 1.58 bits per heavy atom. The molecule has 0 atom stereocenters. The van der Waals surface area contributed by atoms with Crippen LogP contribution in [0.15, 0.2) is 22.1 Å². The molecule has 0 fully saturated rings. The lowest BCUT2D eigenvalue weighted by Crippen LogP contribution is -1.86. The minimum atomic E-state index is 0.00542. The minimum Gasteiger partial charge on any atom is -0.390 e. The minimum absolute atomic E-state index is 0.00542. The van der Waals surface area contributed by atoms with Gasteiger partial charge >= 0.3 is 0 Å². The molecule has 0 aliphatic rings. The number of nitrogens with zero attached hydrogens (tertiary/aromatic N) is 1. The number of aliphatic hydroxyl groups excluding tert-OH is 1. The number of rotatable bonds is 1. The lowest BCUT2D eigenvalue weighted by molar-refractivity contribution is 0.277. The maximum absolute atomic E-state index is 8.83. The number of fused-ring (bicyclic) bond motifs is 1. The maximum atomic E-state index is 8.83. The summed E-state index contributed by atoms with van der Waals surface area (Å²) in [5.74, 6) is 0. The third-order valence-corrected chi connectivity index (χ3v) is 3.54. The molecule has 62 valence electrons. The molecular formula is C8H6BrNOS. The molecule has 0 saturated carbocycles. The predicted octanol–water partition coefficient (Wildman–Crippen LogP) is 2.55. The van der Waals surface area contributed by atoms with Gasteiger partial charge in [-0.15, -0.1) is 11.3 Å². The van der Waals surface area contributed by atoms with Crippen LogP contribution in [0.1, 0.15) is 5.69 Å². The summed E-state index contributed by atoms with van der Waals surface area (Å²) in [5, 5.41) is 12.0. The summed E-state index contributed by atoms with van der Waals surface area (Å²) in [4.78, 5) is 4.09. The van der Waals surface area contributed by atoms with Crippen molar-refractivity contribution in [2.24, 2.45) is 0 Å². The molecule has 12 heavy (non-hydrogen) atoms. The highest BCUT2D eigenvalue weighted by molar-refractivity contribution is 9.10. The van der Waals surface area contributed by atoms with Gasteiger partial charge in [-0.1, -0.05) is 0 Å². The Morgan fingerprint density at radius 2 is 2.42 bits per heavy atom. The molecule has 0 aromatic carbocycles. The fourth-order valence-corrected chi connectivity index (χ4v) is 2.60. The third-order valence-electron chi connectivity index (χ3n) is 1.63. The van der Waals surface area contributed by atoms with Crippen molar-refractivity contribution in [3.05, 3.63) is 27.8 Å². The second-order valence-corrected chi connectivity index (χ2v) is 4.18. The zero-order valence-corrected chi connectivity index (χ0v) is 8.52. The molecule has 2 aromatic rings. The van der Waals surface area contributed by atoms with Crippen molar-refractivity contribution in [2.45, 2.75) is 6.61 Å². The topological polar surface area (TPSA) is 33.1 Å². The van der Waals surface area contributed by atoms with Crippen molar-refractivity contribution in [3.63, 3.8) is 0 Å². The van der Waals surface area contributed by atoms with Gasteiger partial charge in [-0.2, -0.15) is 0 Å². The molecule has 2 heterocycles. The number of aliphatic hydroxyl groups is 1. The Morgan fingerprint density at radius 3 is 3.17 bits per heavy atom. The molecule has 2 nitrogen and oxygen atoms in total. The zero-order chi connectivity index (χ0) is 8.55. The van der Waals surface area contributed by atoms with Crippen LogP contribution in [0.2, 0.25) is 0 Å². The first-order chi connectivity index (χ1) is 5.81. The van der Waals surface area contributed by atoms with E-state index in [1.807, 2.05) is 11.4 Å². The Bertz CT molecular complexity index is 412. The van der Waals surface area contributed by atoms with E-state index in [9.17, 15) is 0 Å². The average Bonchev–Trinajstić information content (AvgIpc) is 2.47. The summed E-state index contributed by atoms with van der Waals surface area (Å²) in [6, 6.07) is 1.91. The van der Waals surface area contributed by atoms with Crippen LogP contribution in [0.5, 0.6) is 0 Å². The monoisotopic (exact) mass is 243 g/mol. The number of halogens is 1. The fourth-order valence-electron chi connectivity index (χ4n) is 1.02. The van der Waals surface area contributed by atoms with Crippen LogP contribution in [0.25, 0.3) is 10.1 Å². The molecular weight excluding hydrogens is 238 g/mol. The van der Waals surface area contributed by atoms with E-state index in [4.69, 9.17) is 5.11 Å². The molecule has 0 aliphatic heterocycles. The fraction of sp³-hybridized carbons (Fsp3) is 0.125. The molecule has 0 amide bonds. The van der Waals surface area contributed by atoms with Crippen molar-refractivity contribution < 1.29 is 5.11 Å². The van der Waals surface area contributed by atoms with E-state index in [0.29, 0.717) is 0 Å². The Balaban J connectivity index is 2.69. The van der Waals surface area contributed by atoms with Crippen molar-refractivity contribution in [1.29, 1.82) is 0 Å². The van der Waals surface area contributed by atoms with Crippen LogP contribution in [0, 0.1) is 0 Å². The van der Waals surface area contributed by atoms with E-state index in [2.05, 4.69) is 20.9 Å². The number of hydrogen-bond acceptors (Lipinski definition) is 3. The first-order valence-corrected chi connectivity index (χ1v) is 5.11. The molecule has 1 N–H and O–H groups in total.